The molecule has 0 saturated carbocycles. The number of Topliss-reactive ketones (excluding diaryl/α,β-unsaturated/α-hetero) is 1. The number of aliphatic hydroxyl groups is 1. The van der Waals surface area contributed by atoms with E-state index in [1.165, 1.54) is 18.2 Å². The molecule has 1 aromatic heterocycles. The van der Waals surface area contributed by atoms with Crippen molar-refractivity contribution in [2.75, 3.05) is 23.9 Å². The van der Waals surface area contributed by atoms with Crippen LogP contribution in [0.1, 0.15) is 22.9 Å². The van der Waals surface area contributed by atoms with Crippen molar-refractivity contribution in [3.05, 3.63) is 83.1 Å². The lowest BCUT2D eigenvalue weighted by molar-refractivity contribution is -0.274. The van der Waals surface area contributed by atoms with Gasteiger partial charge in [-0.15, -0.1) is 18.3 Å². The van der Waals surface area contributed by atoms with Crippen LogP contribution in [0.25, 0.3) is 5.76 Å². The van der Waals surface area contributed by atoms with Crippen molar-refractivity contribution in [3.8, 4) is 5.75 Å². The normalized spacial score (nSPS) is 17.4. The molecule has 1 fully saturated rings. The van der Waals surface area contributed by atoms with Gasteiger partial charge in [0, 0.05) is 25.3 Å². The maximum absolute atomic E-state index is 13.1. The number of ether oxygens (including phenoxy) is 1. The van der Waals surface area contributed by atoms with Crippen molar-refractivity contribution in [1.82, 2.24) is 10.2 Å². The van der Waals surface area contributed by atoms with E-state index in [2.05, 4.69) is 14.9 Å². The number of nitrogens with zero attached hydrogens (tertiary/aromatic N) is 4. The number of aryl methyl sites for hydroxylation is 1. The summed E-state index contributed by atoms with van der Waals surface area (Å²) in [4.78, 5) is 29.2. The number of alkyl halides is 3. The van der Waals surface area contributed by atoms with Crippen molar-refractivity contribution >= 4 is 29.0 Å². The molecule has 8 nitrogen and oxygen atoms in total. The van der Waals surface area contributed by atoms with Crippen molar-refractivity contribution in [3.63, 3.8) is 0 Å². The van der Waals surface area contributed by atoms with Gasteiger partial charge in [0.05, 0.1) is 17.3 Å². The van der Waals surface area contributed by atoms with Crippen LogP contribution in [0, 0.1) is 6.92 Å². The summed E-state index contributed by atoms with van der Waals surface area (Å²) < 4.78 is 41.8. The lowest BCUT2D eigenvalue weighted by Crippen LogP contribution is -2.30. The summed E-state index contributed by atoms with van der Waals surface area (Å²) in [6, 6.07) is 13.3. The summed E-state index contributed by atoms with van der Waals surface area (Å²) in [5, 5.41) is 19.1. The summed E-state index contributed by atoms with van der Waals surface area (Å²) in [7, 11) is 3.68. The number of carbonyl (C=O) groups excluding carboxylic acids is 2. The highest BCUT2D eigenvalue weighted by atomic mass is 19.4. The van der Waals surface area contributed by atoms with E-state index in [1.807, 2.05) is 19.0 Å². The highest BCUT2D eigenvalue weighted by Gasteiger charge is 2.47. The summed E-state index contributed by atoms with van der Waals surface area (Å²) >= 11 is 0. The van der Waals surface area contributed by atoms with Crippen molar-refractivity contribution in [1.29, 1.82) is 0 Å². The predicted octanol–water partition coefficient (Wildman–Crippen LogP) is 4.38. The summed E-state index contributed by atoms with van der Waals surface area (Å²) in [6.07, 6.45) is -4.88. The SMILES string of the molecule is Cc1ccc(N2C(=O)C(=O)/C(=C(\O)c3ccc(N(C)C)cc3)C2c2ccc(OC(F)(F)F)cc2)nn1. The van der Waals surface area contributed by atoms with Gasteiger partial charge < -0.3 is 14.7 Å². The van der Waals surface area contributed by atoms with E-state index in [9.17, 15) is 27.9 Å². The van der Waals surface area contributed by atoms with E-state index >= 15 is 0 Å². The second-order valence-electron chi connectivity index (χ2n) is 8.26. The van der Waals surface area contributed by atoms with E-state index in [-0.39, 0.29) is 22.5 Å². The van der Waals surface area contributed by atoms with Crippen LogP contribution in [0.15, 0.2) is 66.2 Å². The molecule has 2 aromatic carbocycles. The second-order valence-corrected chi connectivity index (χ2v) is 8.26. The van der Waals surface area contributed by atoms with Gasteiger partial charge in [-0.2, -0.15) is 5.10 Å². The van der Waals surface area contributed by atoms with Gasteiger partial charge in [-0.05, 0) is 61.0 Å². The Hall–Kier alpha value is -4.41. The molecular weight excluding hydrogens is 477 g/mol. The molecule has 11 heteroatoms. The monoisotopic (exact) mass is 498 g/mol. The number of aliphatic hydroxyl groups excluding tert-OH is 1. The Morgan fingerprint density at radius 3 is 2.14 bits per heavy atom. The average Bonchev–Trinajstić information content (AvgIpc) is 3.09. The number of anilines is 2. The zero-order valence-electron chi connectivity index (χ0n) is 19.4. The second kappa shape index (κ2) is 9.33. The lowest BCUT2D eigenvalue weighted by Gasteiger charge is -2.24. The third kappa shape index (κ3) is 4.85. The first-order valence-corrected chi connectivity index (χ1v) is 10.7. The van der Waals surface area contributed by atoms with Gasteiger partial charge in [0.15, 0.2) is 5.82 Å². The molecule has 1 aliphatic rings. The molecule has 0 bridgehead atoms. The molecule has 1 aliphatic heterocycles. The van der Waals surface area contributed by atoms with E-state index in [0.717, 1.165) is 22.7 Å². The Bertz CT molecular complexity index is 1320. The first kappa shape index (κ1) is 24.7. The van der Waals surface area contributed by atoms with Crippen LogP contribution in [0.5, 0.6) is 5.75 Å². The van der Waals surface area contributed by atoms with Gasteiger partial charge in [0.2, 0.25) is 0 Å². The Balaban J connectivity index is 1.85. The van der Waals surface area contributed by atoms with Gasteiger partial charge >= 0.3 is 12.3 Å². The maximum atomic E-state index is 13.1. The van der Waals surface area contributed by atoms with Gasteiger partial charge in [0.1, 0.15) is 11.5 Å². The molecule has 1 amide bonds. The molecule has 2 heterocycles. The van der Waals surface area contributed by atoms with E-state index < -0.39 is 35.6 Å². The molecule has 186 valence electrons. The number of halogens is 3. The van der Waals surface area contributed by atoms with Crippen LogP contribution in [-0.4, -0.2) is 47.5 Å². The first-order chi connectivity index (χ1) is 17.0. The van der Waals surface area contributed by atoms with Crippen LogP contribution >= 0.6 is 0 Å². The molecule has 3 aromatic rings. The van der Waals surface area contributed by atoms with Gasteiger partial charge in [0.25, 0.3) is 5.78 Å². The standard InChI is InChI=1S/C25H21F3N4O4/c1-14-4-13-19(30-29-14)32-21(15-7-11-18(12-8-15)36-25(26,27)28)20(23(34)24(32)35)22(33)16-5-9-17(10-6-16)31(2)3/h4-13,21,33H,1-3H3/b22-20-. The van der Waals surface area contributed by atoms with Crippen LogP contribution in [0.2, 0.25) is 0 Å². The summed E-state index contributed by atoms with van der Waals surface area (Å²) in [5.41, 5.74) is 1.73. The molecule has 0 spiro atoms. The quantitative estimate of drug-likeness (QED) is 0.317. The molecule has 0 radical (unpaired) electrons. The van der Waals surface area contributed by atoms with Crippen LogP contribution in [0.3, 0.4) is 0 Å². The number of aromatic nitrogens is 2. The number of hydrogen-bond donors (Lipinski definition) is 1. The number of amides is 1. The van der Waals surface area contributed by atoms with E-state index in [1.54, 1.807) is 37.3 Å². The van der Waals surface area contributed by atoms with E-state index in [0.29, 0.717) is 5.69 Å². The number of carbonyl (C=O) groups is 2. The average molecular weight is 498 g/mol. The minimum atomic E-state index is -4.88. The Kier molecular flexibility index (Phi) is 6.40. The first-order valence-electron chi connectivity index (χ1n) is 10.7. The van der Waals surface area contributed by atoms with Gasteiger partial charge in [-0.25, -0.2) is 0 Å². The summed E-state index contributed by atoms with van der Waals surface area (Å²) in [5.74, 6) is -2.78. The van der Waals surface area contributed by atoms with Crippen molar-refractivity contribution in [2.45, 2.75) is 19.3 Å². The van der Waals surface area contributed by atoms with Crippen LogP contribution < -0.4 is 14.5 Å². The Labute approximate surface area is 204 Å². The Morgan fingerprint density at radius 2 is 1.61 bits per heavy atom. The number of hydrogen-bond acceptors (Lipinski definition) is 7. The third-order valence-electron chi connectivity index (χ3n) is 5.56. The van der Waals surface area contributed by atoms with Crippen LogP contribution in [-0.2, 0) is 9.59 Å². The zero-order chi connectivity index (χ0) is 26.2. The molecule has 1 saturated heterocycles. The molecular formula is C25H21F3N4O4. The Morgan fingerprint density at radius 1 is 0.972 bits per heavy atom. The molecule has 1 unspecified atom stereocenters. The van der Waals surface area contributed by atoms with E-state index in [4.69, 9.17) is 0 Å². The zero-order valence-corrected chi connectivity index (χ0v) is 19.4. The van der Waals surface area contributed by atoms with Crippen LogP contribution in [0.4, 0.5) is 24.7 Å². The summed E-state index contributed by atoms with van der Waals surface area (Å²) in [6.45, 7) is 1.69. The lowest BCUT2D eigenvalue weighted by atomic mass is 9.95. The smallest absolute Gasteiger partial charge is 0.507 e. The van der Waals surface area contributed by atoms with Gasteiger partial charge in [-0.3, -0.25) is 14.5 Å². The molecule has 1 N–H and O–H groups in total. The highest BCUT2D eigenvalue weighted by molar-refractivity contribution is 6.51. The van der Waals surface area contributed by atoms with Gasteiger partial charge in [-0.1, -0.05) is 12.1 Å². The van der Waals surface area contributed by atoms with Crippen molar-refractivity contribution < 1.29 is 32.6 Å². The predicted molar refractivity (Wildman–Crippen MR) is 125 cm³/mol. The molecule has 4 rings (SSSR count). The molecule has 1 atom stereocenters. The number of benzene rings is 2. The fourth-order valence-electron chi connectivity index (χ4n) is 3.83. The largest absolute Gasteiger partial charge is 0.573 e. The highest BCUT2D eigenvalue weighted by Crippen LogP contribution is 2.42. The fraction of sp³-hybridized carbons (Fsp3) is 0.200. The van der Waals surface area contributed by atoms with Crippen molar-refractivity contribution in [2.24, 2.45) is 0 Å². The topological polar surface area (TPSA) is 95.9 Å². The third-order valence-corrected chi connectivity index (χ3v) is 5.56. The maximum Gasteiger partial charge on any atom is 0.573 e. The fourth-order valence-corrected chi connectivity index (χ4v) is 3.83. The number of ketones is 1. The number of rotatable bonds is 5. The minimum Gasteiger partial charge on any atom is -0.507 e. The molecule has 36 heavy (non-hydrogen) atoms. The minimum absolute atomic E-state index is 0.0466. The molecule has 0 aliphatic carbocycles.